The monoisotopic (exact) mass is 379 g/mol. The minimum Gasteiger partial charge on any atom is -0.488 e. The second-order valence-electron chi connectivity index (χ2n) is 6.85. The highest BCUT2D eigenvalue weighted by Crippen LogP contribution is 2.33. The van der Waals surface area contributed by atoms with Crippen LogP contribution < -0.4 is 10.1 Å². The number of amides is 1. The number of nitrogens with one attached hydrogen (secondary N) is 1. The van der Waals surface area contributed by atoms with Crippen molar-refractivity contribution in [1.29, 1.82) is 0 Å². The van der Waals surface area contributed by atoms with Crippen molar-refractivity contribution in [3.63, 3.8) is 0 Å². The van der Waals surface area contributed by atoms with Crippen LogP contribution in [0.25, 0.3) is 11.3 Å². The van der Waals surface area contributed by atoms with Crippen LogP contribution in [0.2, 0.25) is 0 Å². The Balaban J connectivity index is 1.45. The summed E-state index contributed by atoms with van der Waals surface area (Å²) in [6.45, 7) is 6.35. The van der Waals surface area contributed by atoms with E-state index < -0.39 is 0 Å². The molecule has 1 aliphatic heterocycles. The van der Waals surface area contributed by atoms with Crippen molar-refractivity contribution in [1.82, 2.24) is 15.3 Å². The predicted octanol–water partition coefficient (Wildman–Crippen LogP) is 3.86. The summed E-state index contributed by atoms with van der Waals surface area (Å²) >= 11 is 1.46. The summed E-state index contributed by atoms with van der Waals surface area (Å²) in [6.07, 6.45) is 2.50. The van der Waals surface area contributed by atoms with E-state index >= 15 is 0 Å². The first kappa shape index (κ1) is 17.7. The van der Waals surface area contributed by atoms with Crippen LogP contribution in [0.3, 0.4) is 0 Å². The van der Waals surface area contributed by atoms with Crippen molar-refractivity contribution in [2.75, 3.05) is 6.54 Å². The Kier molecular flexibility index (Phi) is 4.66. The van der Waals surface area contributed by atoms with Gasteiger partial charge in [-0.1, -0.05) is 0 Å². The Labute approximate surface area is 162 Å². The van der Waals surface area contributed by atoms with Crippen molar-refractivity contribution >= 4 is 17.2 Å². The lowest BCUT2D eigenvalue weighted by atomic mass is 10.0. The number of nitrogens with zero attached hydrogens (tertiary/aromatic N) is 2. The number of hydrogen-bond donors (Lipinski definition) is 1. The summed E-state index contributed by atoms with van der Waals surface area (Å²) in [5.41, 5.74) is 5.91. The normalized spacial score (nSPS) is 15.3. The molecule has 0 fully saturated rings. The molecule has 27 heavy (non-hydrogen) atoms. The third kappa shape index (κ3) is 3.57. The topological polar surface area (TPSA) is 64.1 Å². The summed E-state index contributed by atoms with van der Waals surface area (Å²) in [5.74, 6) is 0.844. The zero-order valence-corrected chi connectivity index (χ0v) is 16.4. The molecular weight excluding hydrogens is 358 g/mol. The van der Waals surface area contributed by atoms with Crippen LogP contribution in [0.15, 0.2) is 35.8 Å². The minimum atomic E-state index is -0.0517. The third-order valence-corrected chi connectivity index (χ3v) is 5.72. The summed E-state index contributed by atoms with van der Waals surface area (Å²) in [5, 5.41) is 4.92. The van der Waals surface area contributed by atoms with E-state index in [4.69, 9.17) is 4.74 Å². The van der Waals surface area contributed by atoms with Gasteiger partial charge in [-0.15, -0.1) is 11.3 Å². The van der Waals surface area contributed by atoms with Gasteiger partial charge in [0.2, 0.25) is 0 Å². The van der Waals surface area contributed by atoms with Gasteiger partial charge in [0.25, 0.3) is 5.91 Å². The van der Waals surface area contributed by atoms with Crippen LogP contribution >= 0.6 is 11.3 Å². The second-order valence-corrected chi connectivity index (χ2v) is 7.77. The van der Waals surface area contributed by atoms with Gasteiger partial charge in [0.05, 0.1) is 28.5 Å². The van der Waals surface area contributed by atoms with Gasteiger partial charge in [0.1, 0.15) is 11.9 Å². The van der Waals surface area contributed by atoms with Crippen LogP contribution in [0.4, 0.5) is 0 Å². The molecule has 3 heterocycles. The second kappa shape index (κ2) is 7.12. The van der Waals surface area contributed by atoms with Gasteiger partial charge in [0, 0.05) is 18.2 Å². The molecule has 6 heteroatoms. The molecule has 1 amide bonds. The molecule has 0 radical (unpaired) electrons. The average molecular weight is 379 g/mol. The van der Waals surface area contributed by atoms with E-state index in [1.165, 1.54) is 11.3 Å². The van der Waals surface area contributed by atoms with Crippen molar-refractivity contribution in [2.24, 2.45) is 0 Å². The van der Waals surface area contributed by atoms with Crippen molar-refractivity contribution in [2.45, 2.75) is 33.3 Å². The van der Waals surface area contributed by atoms with E-state index in [0.717, 1.165) is 50.8 Å². The molecule has 1 aromatic carbocycles. The maximum absolute atomic E-state index is 12.3. The number of hydrogen-bond acceptors (Lipinski definition) is 5. The van der Waals surface area contributed by atoms with E-state index in [-0.39, 0.29) is 12.0 Å². The molecule has 0 bridgehead atoms. The Morgan fingerprint density at radius 3 is 2.93 bits per heavy atom. The van der Waals surface area contributed by atoms with Gasteiger partial charge < -0.3 is 10.1 Å². The number of carbonyl (C=O) groups excluding carboxylic acids is 1. The van der Waals surface area contributed by atoms with Gasteiger partial charge in [-0.3, -0.25) is 9.78 Å². The van der Waals surface area contributed by atoms with E-state index in [0.29, 0.717) is 6.54 Å². The van der Waals surface area contributed by atoms with E-state index in [2.05, 4.69) is 21.4 Å². The van der Waals surface area contributed by atoms with E-state index in [1.807, 2.05) is 44.4 Å². The first-order valence-corrected chi connectivity index (χ1v) is 9.81. The number of thiophene rings is 1. The number of ether oxygens (including phenoxy) is 1. The van der Waals surface area contributed by atoms with Crippen LogP contribution in [0, 0.1) is 20.8 Å². The van der Waals surface area contributed by atoms with Gasteiger partial charge in [-0.25, -0.2) is 4.98 Å². The molecule has 4 rings (SSSR count). The molecule has 2 aromatic heterocycles. The minimum absolute atomic E-state index is 0.0339. The molecule has 3 aromatic rings. The molecule has 0 saturated carbocycles. The molecule has 1 N–H and O–H groups in total. The maximum Gasteiger partial charge on any atom is 0.261 e. The average Bonchev–Trinajstić information content (AvgIpc) is 3.26. The standard InChI is InChI=1S/C21H21N3O2S/c1-12-6-7-27-20(12)21(25)23-11-17-9-16-8-15(4-5-18(16)26-17)19-14(3)22-10-13(2)24-19/h4-8,10,17H,9,11H2,1-3H3,(H,23,25)/t17-/m1/s1. The highest BCUT2D eigenvalue weighted by molar-refractivity contribution is 7.12. The number of aryl methyl sites for hydroxylation is 3. The highest BCUT2D eigenvalue weighted by atomic mass is 32.1. The fraction of sp³-hybridized carbons (Fsp3) is 0.286. The predicted molar refractivity (Wildman–Crippen MR) is 106 cm³/mol. The number of fused-ring (bicyclic) bond motifs is 1. The van der Waals surface area contributed by atoms with Crippen LogP contribution in [-0.4, -0.2) is 28.5 Å². The molecule has 138 valence electrons. The summed E-state index contributed by atoms with van der Waals surface area (Å²) in [7, 11) is 0. The third-order valence-electron chi connectivity index (χ3n) is 4.71. The number of carbonyl (C=O) groups is 1. The number of benzene rings is 1. The van der Waals surface area contributed by atoms with Crippen molar-refractivity contribution in [3.8, 4) is 17.0 Å². The highest BCUT2D eigenvalue weighted by Gasteiger charge is 2.24. The van der Waals surface area contributed by atoms with E-state index in [9.17, 15) is 4.79 Å². The SMILES string of the molecule is Cc1cnc(C)c(-c2ccc3c(c2)C[C@H](CNC(=O)c2sccc2C)O3)n1. The molecular formula is C21H21N3O2S. The van der Waals surface area contributed by atoms with Crippen molar-refractivity contribution in [3.05, 3.63) is 63.2 Å². The maximum atomic E-state index is 12.3. The first-order valence-electron chi connectivity index (χ1n) is 8.94. The quantitative estimate of drug-likeness (QED) is 0.748. The van der Waals surface area contributed by atoms with Crippen LogP contribution in [0.1, 0.15) is 32.2 Å². The van der Waals surface area contributed by atoms with Gasteiger partial charge in [-0.05, 0) is 61.5 Å². The Morgan fingerprint density at radius 2 is 2.15 bits per heavy atom. The Hall–Kier alpha value is -2.73. The molecule has 1 atom stereocenters. The first-order chi connectivity index (χ1) is 13.0. The summed E-state index contributed by atoms with van der Waals surface area (Å²) < 4.78 is 6.00. The largest absolute Gasteiger partial charge is 0.488 e. The molecule has 0 saturated heterocycles. The Morgan fingerprint density at radius 1 is 1.30 bits per heavy atom. The van der Waals surface area contributed by atoms with Crippen molar-refractivity contribution < 1.29 is 9.53 Å². The Bertz CT molecular complexity index is 1010. The van der Waals surface area contributed by atoms with Crippen LogP contribution in [-0.2, 0) is 6.42 Å². The lowest BCUT2D eigenvalue weighted by molar-refractivity contribution is 0.0937. The molecule has 1 aliphatic rings. The zero-order chi connectivity index (χ0) is 19.0. The fourth-order valence-corrected chi connectivity index (χ4v) is 4.13. The molecule has 0 unspecified atom stereocenters. The smallest absolute Gasteiger partial charge is 0.261 e. The summed E-state index contributed by atoms with van der Waals surface area (Å²) in [6, 6.07) is 8.08. The van der Waals surface area contributed by atoms with Gasteiger partial charge >= 0.3 is 0 Å². The van der Waals surface area contributed by atoms with E-state index in [1.54, 1.807) is 6.20 Å². The van der Waals surface area contributed by atoms with Gasteiger partial charge in [0.15, 0.2) is 0 Å². The van der Waals surface area contributed by atoms with Crippen LogP contribution in [0.5, 0.6) is 5.75 Å². The van der Waals surface area contributed by atoms with Gasteiger partial charge in [-0.2, -0.15) is 0 Å². The zero-order valence-electron chi connectivity index (χ0n) is 15.6. The fourth-order valence-electron chi connectivity index (χ4n) is 3.28. The molecule has 5 nitrogen and oxygen atoms in total. The lowest BCUT2D eigenvalue weighted by Crippen LogP contribution is -2.34. The number of aromatic nitrogens is 2. The molecule has 0 spiro atoms. The lowest BCUT2D eigenvalue weighted by Gasteiger charge is -2.11. The number of rotatable bonds is 4. The summed E-state index contributed by atoms with van der Waals surface area (Å²) in [4.78, 5) is 22.1. The molecule has 0 aliphatic carbocycles.